The first-order valence-corrected chi connectivity index (χ1v) is 7.95. The maximum Gasteiger partial charge on any atom is 0.144 e. The van der Waals surface area contributed by atoms with Crippen LogP contribution in [0.25, 0.3) is 17.8 Å². The summed E-state index contributed by atoms with van der Waals surface area (Å²) in [5.41, 5.74) is 4.37. The molecular formula is C20H19N3O. The van der Waals surface area contributed by atoms with E-state index in [9.17, 15) is 0 Å². The van der Waals surface area contributed by atoms with Crippen LogP contribution < -0.4 is 26.0 Å². The molecule has 0 unspecified atom stereocenters. The molecule has 0 atom stereocenters. The summed E-state index contributed by atoms with van der Waals surface area (Å²) in [5, 5.41) is 4.03. The highest BCUT2D eigenvalue weighted by Gasteiger charge is 2.06. The summed E-state index contributed by atoms with van der Waals surface area (Å²) in [5.74, 6) is 0.809. The Labute approximate surface area is 139 Å². The molecular weight excluding hydrogens is 298 g/mol. The molecule has 1 aliphatic heterocycles. The van der Waals surface area contributed by atoms with Gasteiger partial charge in [-0.15, -0.1) is 0 Å². The summed E-state index contributed by atoms with van der Waals surface area (Å²) in [7, 11) is 1.69. The molecule has 1 aliphatic rings. The van der Waals surface area contributed by atoms with Crippen molar-refractivity contribution in [3.63, 3.8) is 0 Å². The molecule has 0 amide bonds. The number of methoxy groups -OCH3 is 1. The molecule has 4 nitrogen and oxygen atoms in total. The van der Waals surface area contributed by atoms with Crippen LogP contribution in [-0.2, 0) is 0 Å². The Balaban J connectivity index is 1.93. The van der Waals surface area contributed by atoms with Gasteiger partial charge in [0.2, 0.25) is 0 Å². The Morgan fingerprint density at radius 1 is 1.08 bits per heavy atom. The third kappa shape index (κ3) is 2.46. The number of H-pyrrole nitrogens is 2. The number of nitrogens with zero attached hydrogens (tertiary/aromatic N) is 1. The number of fused-ring (bicyclic) bond motifs is 1. The first-order valence-electron chi connectivity index (χ1n) is 7.95. The minimum atomic E-state index is 0.809. The molecule has 24 heavy (non-hydrogen) atoms. The van der Waals surface area contributed by atoms with E-state index in [1.165, 1.54) is 5.56 Å². The fourth-order valence-electron chi connectivity index (χ4n) is 3.07. The van der Waals surface area contributed by atoms with Crippen LogP contribution in [0, 0.1) is 13.8 Å². The molecule has 4 rings (SSSR count). The fraction of sp³-hybridized carbons (Fsp3) is 0.150. The average molecular weight is 317 g/mol. The van der Waals surface area contributed by atoms with Gasteiger partial charge in [0.25, 0.3) is 0 Å². The number of ether oxygens (including phenoxy) is 1. The second kappa shape index (κ2) is 5.57. The zero-order valence-electron chi connectivity index (χ0n) is 14.0. The van der Waals surface area contributed by atoms with Gasteiger partial charge in [0, 0.05) is 22.7 Å². The Bertz CT molecular complexity index is 1130. The van der Waals surface area contributed by atoms with Crippen molar-refractivity contribution in [3.05, 3.63) is 74.6 Å². The summed E-state index contributed by atoms with van der Waals surface area (Å²) in [6.45, 7) is 4.15. The van der Waals surface area contributed by atoms with Gasteiger partial charge in [-0.1, -0.05) is 18.2 Å². The molecule has 0 radical (unpaired) electrons. The van der Waals surface area contributed by atoms with Gasteiger partial charge in [-0.25, -0.2) is 4.99 Å². The molecule has 0 saturated carbocycles. The zero-order chi connectivity index (χ0) is 16.7. The average Bonchev–Trinajstić information content (AvgIpc) is 3.24. The van der Waals surface area contributed by atoms with Crippen molar-refractivity contribution < 1.29 is 4.74 Å². The van der Waals surface area contributed by atoms with E-state index in [0.717, 1.165) is 44.1 Å². The Hall–Kier alpha value is -3.01. The van der Waals surface area contributed by atoms with E-state index >= 15 is 0 Å². The number of para-hydroxylation sites is 1. The number of hydrogen-bond donors (Lipinski definition) is 2. The van der Waals surface area contributed by atoms with Gasteiger partial charge in [0.15, 0.2) is 0 Å². The number of benzene rings is 1. The molecule has 2 aromatic heterocycles. The molecule has 3 heterocycles. The van der Waals surface area contributed by atoms with Crippen LogP contribution in [0.3, 0.4) is 0 Å². The second-order valence-corrected chi connectivity index (χ2v) is 6.06. The van der Waals surface area contributed by atoms with E-state index in [1.807, 2.05) is 24.3 Å². The largest absolute Gasteiger partial charge is 0.494 e. The van der Waals surface area contributed by atoms with Crippen LogP contribution >= 0.6 is 0 Å². The van der Waals surface area contributed by atoms with Crippen LogP contribution in [0.15, 0.2) is 41.4 Å². The second-order valence-electron chi connectivity index (χ2n) is 6.06. The minimum Gasteiger partial charge on any atom is -0.494 e. The molecule has 2 N–H and O–H groups in total. The maximum absolute atomic E-state index is 5.54. The molecule has 0 bridgehead atoms. The number of nitrogens with one attached hydrogen (secondary N) is 2. The molecule has 1 aromatic carbocycles. The lowest BCUT2D eigenvalue weighted by atomic mass is 10.2. The van der Waals surface area contributed by atoms with Crippen molar-refractivity contribution in [1.29, 1.82) is 0 Å². The number of aromatic nitrogens is 2. The van der Waals surface area contributed by atoms with Crippen molar-refractivity contribution in [3.8, 4) is 5.75 Å². The van der Waals surface area contributed by atoms with Gasteiger partial charge >= 0.3 is 0 Å². The first kappa shape index (κ1) is 14.6. The van der Waals surface area contributed by atoms with Gasteiger partial charge in [-0.3, -0.25) is 0 Å². The zero-order valence-corrected chi connectivity index (χ0v) is 14.0. The van der Waals surface area contributed by atoms with Gasteiger partial charge in [0.1, 0.15) is 5.75 Å². The minimum absolute atomic E-state index is 0.809. The molecule has 4 heteroatoms. The van der Waals surface area contributed by atoms with Gasteiger partial charge in [-0.05, 0) is 43.7 Å². The van der Waals surface area contributed by atoms with E-state index in [0.29, 0.717) is 0 Å². The van der Waals surface area contributed by atoms with Gasteiger partial charge in [-0.2, -0.15) is 0 Å². The molecule has 0 aliphatic carbocycles. The van der Waals surface area contributed by atoms with Crippen LogP contribution in [0.2, 0.25) is 0 Å². The van der Waals surface area contributed by atoms with Crippen LogP contribution in [0.5, 0.6) is 5.75 Å². The Kier molecular flexibility index (Phi) is 3.38. The third-order valence-electron chi connectivity index (χ3n) is 4.25. The lowest BCUT2D eigenvalue weighted by Crippen LogP contribution is -2.19. The maximum atomic E-state index is 5.54. The monoisotopic (exact) mass is 317 g/mol. The summed E-state index contributed by atoms with van der Waals surface area (Å²) < 4.78 is 5.54. The Morgan fingerprint density at radius 3 is 2.62 bits per heavy atom. The van der Waals surface area contributed by atoms with Crippen molar-refractivity contribution in [1.82, 2.24) is 9.97 Å². The lowest BCUT2D eigenvalue weighted by molar-refractivity contribution is 0.412. The number of aryl methyl sites for hydroxylation is 2. The highest BCUT2D eigenvalue weighted by atomic mass is 16.5. The molecule has 3 aromatic rings. The van der Waals surface area contributed by atoms with Gasteiger partial charge in [0.05, 0.1) is 28.9 Å². The van der Waals surface area contributed by atoms with Crippen LogP contribution in [0.4, 0.5) is 0 Å². The first-order chi connectivity index (χ1) is 11.6. The number of aromatic amines is 2. The Morgan fingerprint density at radius 2 is 1.92 bits per heavy atom. The normalized spacial score (nSPS) is 15.9. The summed E-state index contributed by atoms with van der Waals surface area (Å²) in [6.07, 6.45) is 4.17. The SMILES string of the molecule is COc1c/c(=C2/C=c3ccccc3=N2)[nH]c1=Cc1[nH]c(C)cc1C. The van der Waals surface area contributed by atoms with E-state index in [2.05, 4.69) is 48.1 Å². The highest BCUT2D eigenvalue weighted by Crippen LogP contribution is 2.10. The number of hydrogen-bond acceptors (Lipinski definition) is 2. The van der Waals surface area contributed by atoms with Gasteiger partial charge < -0.3 is 14.7 Å². The topological polar surface area (TPSA) is 53.2 Å². The quantitative estimate of drug-likeness (QED) is 0.728. The van der Waals surface area contributed by atoms with Crippen molar-refractivity contribution in [2.75, 3.05) is 7.11 Å². The molecule has 0 spiro atoms. The van der Waals surface area contributed by atoms with Crippen molar-refractivity contribution in [2.24, 2.45) is 4.99 Å². The summed E-state index contributed by atoms with van der Waals surface area (Å²) in [6, 6.07) is 12.3. The molecule has 0 saturated heterocycles. The van der Waals surface area contributed by atoms with Crippen molar-refractivity contribution in [2.45, 2.75) is 13.8 Å². The van der Waals surface area contributed by atoms with Crippen LogP contribution in [-0.4, -0.2) is 17.1 Å². The van der Waals surface area contributed by atoms with Crippen LogP contribution in [0.1, 0.15) is 17.0 Å². The smallest absolute Gasteiger partial charge is 0.144 e. The standard InChI is InChI=1S/C20H19N3O/c1-12-8-13(2)21-16(12)10-19-20(24-3)11-18(23-19)17-9-14-6-4-5-7-15(14)22-17/h4-11,21,23H,1-3H3/b18-17+,19-10?. The van der Waals surface area contributed by atoms with E-state index in [1.54, 1.807) is 7.11 Å². The van der Waals surface area contributed by atoms with E-state index < -0.39 is 0 Å². The predicted octanol–water partition coefficient (Wildman–Crippen LogP) is 1.02. The van der Waals surface area contributed by atoms with E-state index in [-0.39, 0.29) is 0 Å². The summed E-state index contributed by atoms with van der Waals surface area (Å²) in [4.78, 5) is 11.5. The third-order valence-corrected chi connectivity index (χ3v) is 4.25. The summed E-state index contributed by atoms with van der Waals surface area (Å²) >= 11 is 0. The molecule has 120 valence electrons. The fourth-order valence-corrected chi connectivity index (χ4v) is 3.07. The van der Waals surface area contributed by atoms with Crippen molar-refractivity contribution >= 4 is 17.8 Å². The van der Waals surface area contributed by atoms with E-state index in [4.69, 9.17) is 9.73 Å². The highest BCUT2D eigenvalue weighted by molar-refractivity contribution is 5.76. The number of rotatable bonds is 2. The molecule has 0 fully saturated rings. The lowest BCUT2D eigenvalue weighted by Gasteiger charge is -1.94. The predicted molar refractivity (Wildman–Crippen MR) is 95.5 cm³/mol.